The van der Waals surface area contributed by atoms with E-state index in [1.54, 1.807) is 18.2 Å². The van der Waals surface area contributed by atoms with Gasteiger partial charge in [0.05, 0.1) is 0 Å². The molecule has 1 atom stereocenters. The second-order valence-electron chi connectivity index (χ2n) is 5.26. The monoisotopic (exact) mass is 275 g/mol. The minimum atomic E-state index is -1.03. The van der Waals surface area contributed by atoms with E-state index >= 15 is 0 Å². The zero-order chi connectivity index (χ0) is 15.3. The Labute approximate surface area is 119 Å². The summed E-state index contributed by atoms with van der Waals surface area (Å²) in [5, 5.41) is 11.7. The molecule has 0 spiro atoms. The number of benzene rings is 1. The maximum Gasteiger partial charge on any atom is 0.326 e. The molecular formula is C16H21NO3. The molecule has 0 saturated carbocycles. The predicted molar refractivity (Wildman–Crippen MR) is 78.9 cm³/mol. The van der Waals surface area contributed by atoms with Crippen molar-refractivity contribution in [1.29, 1.82) is 0 Å². The molecule has 0 radical (unpaired) electrons. The third-order valence-corrected chi connectivity index (χ3v) is 2.85. The van der Waals surface area contributed by atoms with E-state index in [0.717, 1.165) is 16.7 Å². The van der Waals surface area contributed by atoms with Crippen molar-refractivity contribution in [2.45, 2.75) is 40.2 Å². The van der Waals surface area contributed by atoms with Gasteiger partial charge in [0, 0.05) is 5.56 Å². The zero-order valence-electron chi connectivity index (χ0n) is 12.4. The van der Waals surface area contributed by atoms with E-state index in [-0.39, 0.29) is 12.3 Å². The van der Waals surface area contributed by atoms with E-state index in [4.69, 9.17) is 5.11 Å². The lowest BCUT2D eigenvalue weighted by atomic mass is 10.1. The molecular weight excluding hydrogens is 254 g/mol. The van der Waals surface area contributed by atoms with Crippen LogP contribution >= 0.6 is 0 Å². The van der Waals surface area contributed by atoms with Gasteiger partial charge in [-0.25, -0.2) is 4.79 Å². The summed E-state index contributed by atoms with van der Waals surface area (Å²) in [5.74, 6) is -1.38. The summed E-state index contributed by atoms with van der Waals surface area (Å²) in [6.45, 7) is 7.60. The third kappa shape index (κ3) is 4.88. The summed E-state index contributed by atoms with van der Waals surface area (Å²) in [6, 6.07) is 4.57. The minimum Gasteiger partial charge on any atom is -0.480 e. The first kappa shape index (κ1) is 16.0. The van der Waals surface area contributed by atoms with Crippen LogP contribution in [0.15, 0.2) is 29.8 Å². The first-order valence-corrected chi connectivity index (χ1v) is 6.55. The first-order valence-electron chi connectivity index (χ1n) is 6.55. The van der Waals surface area contributed by atoms with Crippen LogP contribution in [0, 0.1) is 13.8 Å². The molecule has 20 heavy (non-hydrogen) atoms. The highest BCUT2D eigenvalue weighted by atomic mass is 16.4. The van der Waals surface area contributed by atoms with Gasteiger partial charge in [0.1, 0.15) is 6.04 Å². The number of hydrogen-bond acceptors (Lipinski definition) is 2. The molecule has 0 aliphatic rings. The second kappa shape index (κ2) is 6.89. The third-order valence-electron chi connectivity index (χ3n) is 2.85. The molecule has 0 unspecified atom stereocenters. The van der Waals surface area contributed by atoms with Crippen molar-refractivity contribution < 1.29 is 14.7 Å². The summed E-state index contributed by atoms with van der Waals surface area (Å²) in [5.41, 5.74) is 3.47. The average molecular weight is 275 g/mol. The number of allylic oxidation sites excluding steroid dienone is 1. The van der Waals surface area contributed by atoms with Crippen molar-refractivity contribution in [3.05, 3.63) is 46.5 Å². The number of nitrogens with one attached hydrogen (secondary N) is 1. The zero-order valence-corrected chi connectivity index (χ0v) is 12.4. The number of rotatable bonds is 5. The van der Waals surface area contributed by atoms with E-state index < -0.39 is 12.0 Å². The molecule has 1 aromatic carbocycles. The number of carboxylic acids is 1. The lowest BCUT2D eigenvalue weighted by Crippen LogP contribution is -2.40. The van der Waals surface area contributed by atoms with Crippen LogP contribution in [0.25, 0.3) is 0 Å². The van der Waals surface area contributed by atoms with Crippen molar-refractivity contribution in [3.8, 4) is 0 Å². The van der Waals surface area contributed by atoms with Crippen molar-refractivity contribution in [1.82, 2.24) is 5.32 Å². The molecule has 0 fully saturated rings. The highest BCUT2D eigenvalue weighted by Crippen LogP contribution is 2.09. The van der Waals surface area contributed by atoms with Crippen molar-refractivity contribution in [2.24, 2.45) is 0 Å². The largest absolute Gasteiger partial charge is 0.480 e. The van der Waals surface area contributed by atoms with Gasteiger partial charge in [-0.1, -0.05) is 28.8 Å². The van der Waals surface area contributed by atoms with Gasteiger partial charge < -0.3 is 10.4 Å². The Kier molecular flexibility index (Phi) is 5.50. The molecule has 0 heterocycles. The Bertz CT molecular complexity index is 522. The van der Waals surface area contributed by atoms with E-state index in [1.165, 1.54) is 0 Å². The van der Waals surface area contributed by atoms with Crippen LogP contribution in [0.1, 0.15) is 41.8 Å². The van der Waals surface area contributed by atoms with Crippen LogP contribution in [-0.2, 0) is 4.79 Å². The van der Waals surface area contributed by atoms with Crippen LogP contribution in [0.2, 0.25) is 0 Å². The minimum absolute atomic E-state index is 0.286. The molecule has 0 bridgehead atoms. The number of carboxylic acid groups (broad SMARTS) is 1. The molecule has 0 saturated heterocycles. The Hall–Kier alpha value is -2.10. The molecule has 0 aromatic heterocycles. The van der Waals surface area contributed by atoms with Gasteiger partial charge in [-0.2, -0.15) is 0 Å². The number of hydrogen-bond donors (Lipinski definition) is 2. The predicted octanol–water partition coefficient (Wildman–Crippen LogP) is 2.84. The molecule has 1 amide bonds. The number of aryl methyl sites for hydroxylation is 2. The normalized spacial score (nSPS) is 11.6. The summed E-state index contributed by atoms with van der Waals surface area (Å²) in [4.78, 5) is 23.3. The standard InChI is InChI=1S/C16H21NO3/c1-10(2)5-6-14(16(19)20)17-15(18)13-8-11(3)7-12(4)9-13/h5,7-9,14H,6H2,1-4H3,(H,17,18)(H,19,20)/t14-/m0/s1. The van der Waals surface area contributed by atoms with E-state index in [9.17, 15) is 9.59 Å². The van der Waals surface area contributed by atoms with Crippen LogP contribution in [0.3, 0.4) is 0 Å². The van der Waals surface area contributed by atoms with Gasteiger partial charge in [0.2, 0.25) is 0 Å². The van der Waals surface area contributed by atoms with Gasteiger partial charge in [-0.3, -0.25) is 4.79 Å². The fourth-order valence-corrected chi connectivity index (χ4v) is 1.92. The topological polar surface area (TPSA) is 66.4 Å². The number of amides is 1. The molecule has 4 nitrogen and oxygen atoms in total. The van der Waals surface area contributed by atoms with Gasteiger partial charge >= 0.3 is 5.97 Å². The summed E-state index contributed by atoms with van der Waals surface area (Å²) >= 11 is 0. The van der Waals surface area contributed by atoms with E-state index in [0.29, 0.717) is 5.56 Å². The smallest absolute Gasteiger partial charge is 0.326 e. The van der Waals surface area contributed by atoms with E-state index in [2.05, 4.69) is 5.32 Å². The summed E-state index contributed by atoms with van der Waals surface area (Å²) < 4.78 is 0. The molecule has 0 aliphatic carbocycles. The lowest BCUT2D eigenvalue weighted by molar-refractivity contribution is -0.139. The highest BCUT2D eigenvalue weighted by Gasteiger charge is 2.19. The molecule has 2 N–H and O–H groups in total. The van der Waals surface area contributed by atoms with Gasteiger partial charge in [0.15, 0.2) is 0 Å². The second-order valence-corrected chi connectivity index (χ2v) is 5.26. The molecule has 1 rings (SSSR count). The summed E-state index contributed by atoms with van der Waals surface area (Å²) in [7, 11) is 0. The summed E-state index contributed by atoms with van der Waals surface area (Å²) in [6.07, 6.45) is 2.09. The molecule has 4 heteroatoms. The molecule has 1 aromatic rings. The molecule has 0 aliphatic heterocycles. The maximum atomic E-state index is 12.1. The number of carbonyl (C=O) groups is 2. The van der Waals surface area contributed by atoms with Crippen LogP contribution in [0.4, 0.5) is 0 Å². The van der Waals surface area contributed by atoms with Gasteiger partial charge in [-0.15, -0.1) is 0 Å². The van der Waals surface area contributed by atoms with Crippen molar-refractivity contribution >= 4 is 11.9 Å². The van der Waals surface area contributed by atoms with Crippen LogP contribution < -0.4 is 5.32 Å². The average Bonchev–Trinajstić information content (AvgIpc) is 2.32. The Balaban J connectivity index is 2.85. The Morgan fingerprint density at radius 1 is 1.20 bits per heavy atom. The quantitative estimate of drug-likeness (QED) is 0.812. The van der Waals surface area contributed by atoms with E-state index in [1.807, 2.05) is 33.8 Å². The lowest BCUT2D eigenvalue weighted by Gasteiger charge is -2.13. The van der Waals surface area contributed by atoms with Gasteiger partial charge in [-0.05, 0) is 46.2 Å². The number of carbonyl (C=O) groups excluding carboxylic acids is 1. The van der Waals surface area contributed by atoms with Crippen molar-refractivity contribution in [2.75, 3.05) is 0 Å². The van der Waals surface area contributed by atoms with Crippen LogP contribution in [-0.4, -0.2) is 23.0 Å². The van der Waals surface area contributed by atoms with Crippen molar-refractivity contribution in [3.63, 3.8) is 0 Å². The Morgan fingerprint density at radius 3 is 2.20 bits per heavy atom. The van der Waals surface area contributed by atoms with Crippen LogP contribution in [0.5, 0.6) is 0 Å². The van der Waals surface area contributed by atoms with Gasteiger partial charge in [0.25, 0.3) is 5.91 Å². The highest BCUT2D eigenvalue weighted by molar-refractivity contribution is 5.96. The number of aliphatic carboxylic acids is 1. The fraction of sp³-hybridized carbons (Fsp3) is 0.375. The first-order chi connectivity index (χ1) is 9.29. The maximum absolute atomic E-state index is 12.1. The molecule has 108 valence electrons. The SMILES string of the molecule is CC(C)=CC[C@H](NC(=O)c1cc(C)cc(C)c1)C(=O)O. The Morgan fingerprint density at radius 2 is 1.75 bits per heavy atom. The fourth-order valence-electron chi connectivity index (χ4n) is 1.92.